The second-order valence-corrected chi connectivity index (χ2v) is 6.13. The zero-order valence-electron chi connectivity index (χ0n) is 10.6. The van der Waals surface area contributed by atoms with Gasteiger partial charge in [-0.15, -0.1) is 0 Å². The smallest absolute Gasteiger partial charge is 0.130 e. The van der Waals surface area contributed by atoms with Crippen molar-refractivity contribution in [2.75, 3.05) is 5.75 Å². The summed E-state index contributed by atoms with van der Waals surface area (Å²) in [7, 11) is 0. The van der Waals surface area contributed by atoms with E-state index >= 15 is 0 Å². The quantitative estimate of drug-likeness (QED) is 0.875. The molecule has 0 heterocycles. The van der Waals surface area contributed by atoms with Crippen molar-refractivity contribution in [1.29, 1.82) is 0 Å². The van der Waals surface area contributed by atoms with Crippen molar-refractivity contribution in [2.24, 2.45) is 0 Å². The van der Waals surface area contributed by atoms with Crippen LogP contribution in [-0.2, 0) is 6.54 Å². The molecule has 1 saturated carbocycles. The molecular formula is C14H19F2NS. The molecular weight excluding hydrogens is 252 g/mol. The molecule has 18 heavy (non-hydrogen) atoms. The van der Waals surface area contributed by atoms with E-state index in [1.165, 1.54) is 31.0 Å². The molecule has 0 bridgehead atoms. The van der Waals surface area contributed by atoms with Crippen LogP contribution in [0, 0.1) is 11.6 Å². The van der Waals surface area contributed by atoms with Gasteiger partial charge in [0.25, 0.3) is 0 Å². The summed E-state index contributed by atoms with van der Waals surface area (Å²) in [6.45, 7) is 2.43. The van der Waals surface area contributed by atoms with Gasteiger partial charge in [0, 0.05) is 23.4 Å². The Morgan fingerprint density at radius 1 is 1.28 bits per heavy atom. The standard InChI is InChI=1S/C14H19F2NS/c1-2-18-14-8-4-7-13(14)17-9-10-11(15)5-3-6-12(10)16/h3,5-6,13-14,17H,2,4,7-9H2,1H3. The van der Waals surface area contributed by atoms with Crippen molar-refractivity contribution >= 4 is 11.8 Å². The van der Waals surface area contributed by atoms with Crippen LogP contribution in [0.3, 0.4) is 0 Å². The third-order valence-corrected chi connectivity index (χ3v) is 4.76. The number of thioether (sulfide) groups is 1. The highest BCUT2D eigenvalue weighted by Gasteiger charge is 2.26. The van der Waals surface area contributed by atoms with E-state index in [0.29, 0.717) is 11.3 Å². The van der Waals surface area contributed by atoms with Gasteiger partial charge in [-0.1, -0.05) is 19.4 Å². The molecule has 1 fully saturated rings. The Morgan fingerprint density at radius 2 is 2.00 bits per heavy atom. The average molecular weight is 271 g/mol. The van der Waals surface area contributed by atoms with E-state index in [9.17, 15) is 8.78 Å². The van der Waals surface area contributed by atoms with Gasteiger partial charge in [0.15, 0.2) is 0 Å². The maximum absolute atomic E-state index is 13.5. The largest absolute Gasteiger partial charge is 0.309 e. The number of halogens is 2. The molecule has 1 aliphatic carbocycles. The molecule has 0 radical (unpaired) electrons. The molecule has 1 nitrogen and oxygen atoms in total. The van der Waals surface area contributed by atoms with E-state index in [0.717, 1.165) is 12.2 Å². The first kappa shape index (κ1) is 13.8. The Balaban J connectivity index is 1.95. The molecule has 2 atom stereocenters. The SMILES string of the molecule is CCSC1CCCC1NCc1c(F)cccc1F. The van der Waals surface area contributed by atoms with Crippen LogP contribution in [-0.4, -0.2) is 17.0 Å². The van der Waals surface area contributed by atoms with Crippen LogP contribution in [0.1, 0.15) is 31.7 Å². The Kier molecular flexibility index (Phi) is 5.01. The van der Waals surface area contributed by atoms with Gasteiger partial charge in [-0.3, -0.25) is 0 Å². The van der Waals surface area contributed by atoms with E-state index in [1.54, 1.807) is 0 Å². The third kappa shape index (κ3) is 3.23. The number of hydrogen-bond acceptors (Lipinski definition) is 2. The molecule has 2 rings (SSSR count). The topological polar surface area (TPSA) is 12.0 Å². The van der Waals surface area contributed by atoms with Crippen molar-refractivity contribution < 1.29 is 8.78 Å². The van der Waals surface area contributed by atoms with Gasteiger partial charge in [0.05, 0.1) is 0 Å². The van der Waals surface area contributed by atoms with Gasteiger partial charge in [-0.25, -0.2) is 8.78 Å². The summed E-state index contributed by atoms with van der Waals surface area (Å²) in [6, 6.07) is 4.41. The molecule has 1 aromatic rings. The van der Waals surface area contributed by atoms with E-state index in [-0.39, 0.29) is 12.1 Å². The summed E-state index contributed by atoms with van der Waals surface area (Å²) in [5.74, 6) is 0.178. The molecule has 0 aromatic heterocycles. The first-order chi connectivity index (χ1) is 8.72. The van der Waals surface area contributed by atoms with Crippen molar-refractivity contribution in [3.8, 4) is 0 Å². The van der Waals surface area contributed by atoms with Gasteiger partial charge < -0.3 is 5.32 Å². The van der Waals surface area contributed by atoms with Gasteiger partial charge in [-0.05, 0) is 30.7 Å². The molecule has 0 spiro atoms. The van der Waals surface area contributed by atoms with Crippen LogP contribution in [0.15, 0.2) is 18.2 Å². The zero-order chi connectivity index (χ0) is 13.0. The first-order valence-corrected chi connectivity index (χ1v) is 7.55. The fraction of sp³-hybridized carbons (Fsp3) is 0.571. The maximum atomic E-state index is 13.5. The molecule has 1 aliphatic rings. The Morgan fingerprint density at radius 3 is 2.67 bits per heavy atom. The van der Waals surface area contributed by atoms with Crippen molar-refractivity contribution in [3.63, 3.8) is 0 Å². The number of hydrogen-bond donors (Lipinski definition) is 1. The lowest BCUT2D eigenvalue weighted by molar-refractivity contribution is 0.491. The van der Waals surface area contributed by atoms with Gasteiger partial charge in [0.2, 0.25) is 0 Å². The fourth-order valence-electron chi connectivity index (χ4n) is 2.51. The lowest BCUT2D eigenvalue weighted by atomic mass is 10.1. The average Bonchev–Trinajstić information content (AvgIpc) is 2.77. The van der Waals surface area contributed by atoms with Crippen LogP contribution >= 0.6 is 11.8 Å². The van der Waals surface area contributed by atoms with E-state index in [1.807, 2.05) is 11.8 Å². The number of benzene rings is 1. The lowest BCUT2D eigenvalue weighted by Crippen LogP contribution is -2.34. The molecule has 0 aliphatic heterocycles. The summed E-state index contributed by atoms with van der Waals surface area (Å²) in [5.41, 5.74) is 0.157. The second-order valence-electron chi connectivity index (χ2n) is 4.61. The molecule has 0 amide bonds. The maximum Gasteiger partial charge on any atom is 0.130 e. The molecule has 1 aromatic carbocycles. The molecule has 100 valence electrons. The minimum absolute atomic E-state index is 0.157. The lowest BCUT2D eigenvalue weighted by Gasteiger charge is -2.20. The number of nitrogens with one attached hydrogen (secondary N) is 1. The van der Waals surface area contributed by atoms with Crippen molar-refractivity contribution in [3.05, 3.63) is 35.4 Å². The predicted octanol–water partition coefficient (Wildman–Crippen LogP) is 3.73. The second kappa shape index (κ2) is 6.53. The van der Waals surface area contributed by atoms with E-state index in [4.69, 9.17) is 0 Å². The summed E-state index contributed by atoms with van der Waals surface area (Å²) >= 11 is 1.94. The predicted molar refractivity (Wildman–Crippen MR) is 72.8 cm³/mol. The van der Waals surface area contributed by atoms with Gasteiger partial charge in [-0.2, -0.15) is 11.8 Å². The third-order valence-electron chi connectivity index (χ3n) is 3.44. The number of rotatable bonds is 5. The van der Waals surface area contributed by atoms with Crippen LogP contribution in [0.5, 0.6) is 0 Å². The molecule has 1 N–H and O–H groups in total. The van der Waals surface area contributed by atoms with Crippen LogP contribution in [0.4, 0.5) is 8.78 Å². The summed E-state index contributed by atoms with van der Waals surface area (Å²) < 4.78 is 27.0. The minimum Gasteiger partial charge on any atom is -0.309 e. The van der Waals surface area contributed by atoms with Crippen LogP contribution < -0.4 is 5.32 Å². The van der Waals surface area contributed by atoms with E-state index in [2.05, 4.69) is 12.2 Å². The van der Waals surface area contributed by atoms with Gasteiger partial charge in [0.1, 0.15) is 11.6 Å². The molecule has 2 unspecified atom stereocenters. The fourth-order valence-corrected chi connectivity index (χ4v) is 3.73. The highest BCUT2D eigenvalue weighted by atomic mass is 32.2. The normalized spacial score (nSPS) is 23.5. The van der Waals surface area contributed by atoms with Crippen molar-refractivity contribution in [1.82, 2.24) is 5.32 Å². The monoisotopic (exact) mass is 271 g/mol. The zero-order valence-corrected chi connectivity index (χ0v) is 11.4. The summed E-state index contributed by atoms with van der Waals surface area (Å²) in [6.07, 6.45) is 3.51. The summed E-state index contributed by atoms with van der Waals surface area (Å²) in [4.78, 5) is 0. The summed E-state index contributed by atoms with van der Waals surface area (Å²) in [5, 5.41) is 3.90. The Labute approximate surface area is 111 Å². The van der Waals surface area contributed by atoms with Crippen molar-refractivity contribution in [2.45, 2.75) is 44.0 Å². The van der Waals surface area contributed by atoms with Crippen LogP contribution in [0.25, 0.3) is 0 Å². The Hall–Kier alpha value is -0.610. The first-order valence-electron chi connectivity index (χ1n) is 6.50. The van der Waals surface area contributed by atoms with E-state index < -0.39 is 11.6 Å². The van der Waals surface area contributed by atoms with Gasteiger partial charge >= 0.3 is 0 Å². The molecule has 4 heteroatoms. The Bertz CT molecular complexity index is 377. The van der Waals surface area contributed by atoms with Crippen LogP contribution in [0.2, 0.25) is 0 Å². The molecule has 0 saturated heterocycles. The highest BCUT2D eigenvalue weighted by Crippen LogP contribution is 2.30. The minimum atomic E-state index is -0.458. The highest BCUT2D eigenvalue weighted by molar-refractivity contribution is 7.99.